The minimum atomic E-state index is -0.131. The van der Waals surface area contributed by atoms with E-state index < -0.39 is 0 Å². The van der Waals surface area contributed by atoms with Crippen LogP contribution in [0.25, 0.3) is 0 Å². The van der Waals surface area contributed by atoms with Crippen LogP contribution in [0.15, 0.2) is 24.8 Å². The smallest absolute Gasteiger partial charge is 0.291 e. The van der Waals surface area contributed by atoms with E-state index in [1.54, 1.807) is 18.6 Å². The number of carbonyl (C=O) groups excluding carboxylic acids is 2. The predicted molar refractivity (Wildman–Crippen MR) is 94.0 cm³/mol. The highest BCUT2D eigenvalue weighted by atomic mass is 16.2. The monoisotopic (exact) mass is 346 g/mol. The third-order valence-corrected chi connectivity index (χ3v) is 3.83. The van der Waals surface area contributed by atoms with Crippen LogP contribution in [0.3, 0.4) is 0 Å². The molecule has 136 valence electrons. The van der Waals surface area contributed by atoms with E-state index in [1.807, 2.05) is 15.7 Å². The molecule has 0 radical (unpaired) electrons. The molecule has 2 aromatic heterocycles. The maximum absolute atomic E-state index is 11.6. The van der Waals surface area contributed by atoms with Crippen molar-refractivity contribution in [3.63, 3.8) is 0 Å². The highest BCUT2D eigenvalue weighted by Crippen LogP contribution is 2.13. The molecule has 1 aliphatic rings. The summed E-state index contributed by atoms with van der Waals surface area (Å²) in [6.07, 6.45) is 11.0. The molecule has 3 heterocycles. The number of imidazole rings is 2. The molecule has 0 aromatic carbocycles. The van der Waals surface area contributed by atoms with Gasteiger partial charge < -0.3 is 19.8 Å². The van der Waals surface area contributed by atoms with Gasteiger partial charge in [-0.25, -0.2) is 9.97 Å². The van der Waals surface area contributed by atoms with Gasteiger partial charge in [-0.15, -0.1) is 0 Å². The maximum Gasteiger partial charge on any atom is 0.291 e. The maximum atomic E-state index is 11.6. The Balaban J connectivity index is 0.000000181. The number of aromatic amines is 1. The quantitative estimate of drug-likeness (QED) is 0.750. The van der Waals surface area contributed by atoms with Crippen LogP contribution in [0.2, 0.25) is 0 Å². The summed E-state index contributed by atoms with van der Waals surface area (Å²) in [4.78, 5) is 35.2. The fourth-order valence-electron chi connectivity index (χ4n) is 2.38. The van der Waals surface area contributed by atoms with Crippen molar-refractivity contribution >= 4 is 11.8 Å². The van der Waals surface area contributed by atoms with Crippen molar-refractivity contribution in [1.82, 2.24) is 29.7 Å². The number of nitrogens with one attached hydrogen (secondary N) is 2. The Kier molecular flexibility index (Phi) is 7.18. The van der Waals surface area contributed by atoms with Crippen molar-refractivity contribution in [1.29, 1.82) is 0 Å². The number of H-pyrrole nitrogens is 1. The molecule has 0 atom stereocenters. The molecule has 0 unspecified atom stereocenters. The number of carbonyl (C=O) groups is 2. The minimum absolute atomic E-state index is 0.0680. The van der Waals surface area contributed by atoms with Crippen molar-refractivity contribution in [3.8, 4) is 0 Å². The van der Waals surface area contributed by atoms with Crippen LogP contribution in [0.5, 0.6) is 0 Å². The summed E-state index contributed by atoms with van der Waals surface area (Å²) in [6.45, 7) is 6.45. The molecule has 0 saturated carbocycles. The first kappa shape index (κ1) is 18.7. The van der Waals surface area contributed by atoms with Crippen molar-refractivity contribution in [2.75, 3.05) is 13.1 Å². The van der Waals surface area contributed by atoms with Crippen LogP contribution in [0.1, 0.15) is 60.8 Å². The first-order valence-electron chi connectivity index (χ1n) is 8.75. The predicted octanol–water partition coefficient (Wildman–Crippen LogP) is 2.04. The zero-order valence-electron chi connectivity index (χ0n) is 14.9. The van der Waals surface area contributed by atoms with Gasteiger partial charge in [-0.3, -0.25) is 9.59 Å². The highest BCUT2D eigenvalue weighted by molar-refractivity contribution is 5.92. The van der Waals surface area contributed by atoms with Gasteiger partial charge in [0.2, 0.25) is 5.82 Å². The van der Waals surface area contributed by atoms with Gasteiger partial charge in [0.15, 0.2) is 5.82 Å². The number of hydrogen-bond acceptors (Lipinski definition) is 4. The molecular weight excluding hydrogens is 320 g/mol. The van der Waals surface area contributed by atoms with Gasteiger partial charge in [0.05, 0.1) is 6.67 Å². The Hall–Kier alpha value is -2.64. The second-order valence-corrected chi connectivity index (χ2v) is 5.83. The summed E-state index contributed by atoms with van der Waals surface area (Å²) in [5.41, 5.74) is 0. The molecule has 2 aromatic rings. The Bertz CT molecular complexity index is 664. The van der Waals surface area contributed by atoms with Gasteiger partial charge in [0.1, 0.15) is 0 Å². The summed E-state index contributed by atoms with van der Waals surface area (Å²) in [5, 5.41) is 2.75. The lowest BCUT2D eigenvalue weighted by Gasteiger charge is -2.13. The number of fused-ring (bicyclic) bond motifs is 1. The summed E-state index contributed by atoms with van der Waals surface area (Å²) in [5.74, 6) is 0.897. The Morgan fingerprint density at radius 1 is 1.24 bits per heavy atom. The molecule has 0 spiro atoms. The summed E-state index contributed by atoms with van der Waals surface area (Å²) in [7, 11) is 0. The Morgan fingerprint density at radius 3 is 2.68 bits per heavy atom. The number of unbranched alkanes of at least 4 members (excludes halogenated alkanes) is 2. The molecular formula is C17H26N6O2. The van der Waals surface area contributed by atoms with Crippen molar-refractivity contribution < 1.29 is 9.59 Å². The van der Waals surface area contributed by atoms with E-state index in [0.717, 1.165) is 38.8 Å². The summed E-state index contributed by atoms with van der Waals surface area (Å²) in [6, 6.07) is 0. The van der Waals surface area contributed by atoms with E-state index in [9.17, 15) is 9.59 Å². The van der Waals surface area contributed by atoms with E-state index in [1.165, 1.54) is 0 Å². The largest absolute Gasteiger partial charge is 0.349 e. The molecule has 8 nitrogen and oxygen atoms in total. The summed E-state index contributed by atoms with van der Waals surface area (Å²) >= 11 is 0. The molecule has 0 fully saturated rings. The lowest BCUT2D eigenvalue weighted by molar-refractivity contribution is 0.0763. The van der Waals surface area contributed by atoms with E-state index in [0.29, 0.717) is 18.3 Å². The van der Waals surface area contributed by atoms with Gasteiger partial charge in [-0.1, -0.05) is 26.7 Å². The molecule has 2 N–H and O–H groups in total. The van der Waals surface area contributed by atoms with Crippen molar-refractivity contribution in [2.45, 2.75) is 46.2 Å². The second kappa shape index (κ2) is 9.61. The fourth-order valence-corrected chi connectivity index (χ4v) is 2.38. The number of amides is 2. The molecule has 25 heavy (non-hydrogen) atoms. The van der Waals surface area contributed by atoms with Crippen LogP contribution < -0.4 is 5.32 Å². The minimum Gasteiger partial charge on any atom is -0.349 e. The number of hydrogen-bond donors (Lipinski definition) is 2. The molecule has 0 bridgehead atoms. The first-order chi connectivity index (χ1) is 12.2. The second-order valence-electron chi connectivity index (χ2n) is 5.83. The molecule has 2 amide bonds. The fraction of sp³-hybridized carbons (Fsp3) is 0.529. The van der Waals surface area contributed by atoms with Crippen LogP contribution in [0, 0.1) is 0 Å². The lowest BCUT2D eigenvalue weighted by atomic mass is 10.3. The third kappa shape index (κ3) is 5.17. The van der Waals surface area contributed by atoms with E-state index in [2.05, 4.69) is 34.1 Å². The van der Waals surface area contributed by atoms with Crippen LogP contribution in [0.4, 0.5) is 0 Å². The molecule has 0 saturated heterocycles. The number of rotatable bonds is 7. The van der Waals surface area contributed by atoms with Gasteiger partial charge in [0.25, 0.3) is 11.8 Å². The number of nitrogens with zero attached hydrogens (tertiary/aromatic N) is 4. The topological polar surface area (TPSA) is 95.9 Å². The Labute approximate surface area is 147 Å². The molecule has 8 heteroatoms. The highest BCUT2D eigenvalue weighted by Gasteiger charge is 2.27. The van der Waals surface area contributed by atoms with Crippen LogP contribution in [-0.4, -0.2) is 49.3 Å². The Morgan fingerprint density at radius 2 is 2.04 bits per heavy atom. The number of aromatic nitrogens is 4. The normalized spacial score (nSPS) is 12.6. The van der Waals surface area contributed by atoms with E-state index >= 15 is 0 Å². The van der Waals surface area contributed by atoms with E-state index in [4.69, 9.17) is 0 Å². The zero-order valence-corrected chi connectivity index (χ0v) is 14.9. The standard InChI is InChI=1S/C9H13N3O.C8H13N3O/c1-2-3-5-12-7-11-6-4-10-8(11)9(12)13;1-2-3-4-11-8(12)7-9-5-6-10-7/h4,6H,2-3,5,7H2,1H3;5-6H,2-4H2,1H3,(H,9,10)(H,11,12). The first-order valence-corrected chi connectivity index (χ1v) is 8.75. The van der Waals surface area contributed by atoms with Crippen LogP contribution >= 0.6 is 0 Å². The molecule has 0 aliphatic carbocycles. The van der Waals surface area contributed by atoms with Crippen LogP contribution in [-0.2, 0) is 6.67 Å². The van der Waals surface area contributed by atoms with Gasteiger partial charge in [-0.05, 0) is 12.8 Å². The van der Waals surface area contributed by atoms with E-state index in [-0.39, 0.29) is 11.8 Å². The lowest BCUT2D eigenvalue weighted by Crippen LogP contribution is -2.25. The average Bonchev–Trinajstić information content (AvgIpc) is 3.34. The average molecular weight is 346 g/mol. The van der Waals surface area contributed by atoms with Gasteiger partial charge >= 0.3 is 0 Å². The molecule has 3 rings (SSSR count). The van der Waals surface area contributed by atoms with Gasteiger partial charge in [0, 0.05) is 37.9 Å². The van der Waals surface area contributed by atoms with Crippen molar-refractivity contribution in [3.05, 3.63) is 36.4 Å². The van der Waals surface area contributed by atoms with Gasteiger partial charge in [-0.2, -0.15) is 0 Å². The molecule has 1 aliphatic heterocycles. The van der Waals surface area contributed by atoms with Crippen molar-refractivity contribution in [2.24, 2.45) is 0 Å². The zero-order chi connectivity index (χ0) is 18.1. The third-order valence-electron chi connectivity index (χ3n) is 3.83. The summed E-state index contributed by atoms with van der Waals surface area (Å²) < 4.78 is 1.89. The SMILES string of the molecule is CCCCN1Cn2ccnc2C1=O.CCCCNC(=O)c1ncc[nH]1.